The van der Waals surface area contributed by atoms with Crippen molar-refractivity contribution in [1.82, 2.24) is 0 Å². The molecule has 0 saturated carbocycles. The van der Waals surface area contributed by atoms with Gasteiger partial charge in [-0.3, -0.25) is 4.79 Å². The lowest BCUT2D eigenvalue weighted by molar-refractivity contribution is -0.117. The molecule has 1 amide bonds. The molecule has 1 heterocycles. The van der Waals surface area contributed by atoms with Crippen molar-refractivity contribution >= 4 is 17.3 Å². The molecule has 2 aromatic carbocycles. The van der Waals surface area contributed by atoms with Gasteiger partial charge in [0, 0.05) is 17.9 Å². The summed E-state index contributed by atoms with van der Waals surface area (Å²) in [5, 5.41) is 0. The molecular formula is C17H17FN2O. The summed E-state index contributed by atoms with van der Waals surface area (Å²) in [5.74, 6) is -0.343. The smallest absolute Gasteiger partial charge is 0.231 e. The van der Waals surface area contributed by atoms with Gasteiger partial charge in [-0.25, -0.2) is 4.39 Å². The van der Waals surface area contributed by atoms with Gasteiger partial charge in [0.25, 0.3) is 0 Å². The maximum Gasteiger partial charge on any atom is 0.231 e. The Morgan fingerprint density at radius 3 is 2.90 bits per heavy atom. The lowest BCUT2D eigenvalue weighted by Gasteiger charge is -2.18. The first-order chi connectivity index (χ1) is 10.0. The van der Waals surface area contributed by atoms with Crippen molar-refractivity contribution in [3.05, 3.63) is 58.9 Å². The summed E-state index contributed by atoms with van der Waals surface area (Å²) in [6, 6.07) is 10.1. The average molecular weight is 284 g/mol. The largest absolute Gasteiger partial charge is 0.398 e. The summed E-state index contributed by atoms with van der Waals surface area (Å²) >= 11 is 0. The van der Waals surface area contributed by atoms with E-state index >= 15 is 0 Å². The van der Waals surface area contributed by atoms with E-state index in [2.05, 4.69) is 0 Å². The second-order valence-corrected chi connectivity index (χ2v) is 5.44. The second-order valence-electron chi connectivity index (χ2n) is 5.44. The highest BCUT2D eigenvalue weighted by atomic mass is 19.1. The molecule has 0 spiro atoms. The van der Waals surface area contributed by atoms with Crippen molar-refractivity contribution in [2.45, 2.75) is 19.8 Å². The third-order valence-corrected chi connectivity index (χ3v) is 3.91. The van der Waals surface area contributed by atoms with Crippen molar-refractivity contribution in [1.29, 1.82) is 0 Å². The van der Waals surface area contributed by atoms with Crippen LogP contribution in [-0.2, 0) is 17.6 Å². The summed E-state index contributed by atoms with van der Waals surface area (Å²) in [6.07, 6.45) is 1.04. The topological polar surface area (TPSA) is 46.3 Å². The highest BCUT2D eigenvalue weighted by molar-refractivity contribution is 5.97. The first-order valence-electron chi connectivity index (χ1n) is 6.98. The van der Waals surface area contributed by atoms with E-state index in [0.29, 0.717) is 17.8 Å². The number of fused-ring (bicyclic) bond motifs is 1. The number of carbonyl (C=O) groups is 1. The average Bonchev–Trinajstić information content (AvgIpc) is 2.82. The van der Waals surface area contributed by atoms with Crippen LogP contribution in [0.15, 0.2) is 36.4 Å². The second kappa shape index (κ2) is 5.20. The monoisotopic (exact) mass is 284 g/mol. The SMILES string of the molecule is Cc1cc2c(cc1N)N(C(=O)Cc1cccc(F)c1)CC2. The zero-order valence-electron chi connectivity index (χ0n) is 11.9. The fourth-order valence-corrected chi connectivity index (χ4v) is 2.75. The Labute approximate surface area is 123 Å². The normalized spacial score (nSPS) is 13.3. The van der Waals surface area contributed by atoms with Gasteiger partial charge in [0.2, 0.25) is 5.91 Å². The van der Waals surface area contributed by atoms with Crippen molar-refractivity contribution in [2.75, 3.05) is 17.2 Å². The molecular weight excluding hydrogens is 267 g/mol. The standard InChI is InChI=1S/C17H17FN2O/c1-11-7-13-5-6-20(16(13)10-15(11)19)17(21)9-12-3-2-4-14(18)8-12/h2-4,7-8,10H,5-6,9,19H2,1H3. The van der Waals surface area contributed by atoms with E-state index in [-0.39, 0.29) is 18.1 Å². The molecule has 0 saturated heterocycles. The van der Waals surface area contributed by atoms with E-state index in [4.69, 9.17) is 5.73 Å². The Bertz CT molecular complexity index is 712. The maximum absolute atomic E-state index is 13.2. The van der Waals surface area contributed by atoms with E-state index in [9.17, 15) is 9.18 Å². The van der Waals surface area contributed by atoms with Crippen molar-refractivity contribution in [3.63, 3.8) is 0 Å². The summed E-state index contributed by atoms with van der Waals surface area (Å²) in [6.45, 7) is 2.62. The van der Waals surface area contributed by atoms with Gasteiger partial charge >= 0.3 is 0 Å². The van der Waals surface area contributed by atoms with Crippen LogP contribution < -0.4 is 10.6 Å². The van der Waals surface area contributed by atoms with Gasteiger partial charge in [-0.2, -0.15) is 0 Å². The fourth-order valence-electron chi connectivity index (χ4n) is 2.75. The summed E-state index contributed by atoms with van der Waals surface area (Å²) < 4.78 is 13.2. The third kappa shape index (κ3) is 2.61. The molecule has 0 bridgehead atoms. The molecule has 1 aliphatic rings. The van der Waals surface area contributed by atoms with Crippen LogP contribution in [0.1, 0.15) is 16.7 Å². The summed E-state index contributed by atoms with van der Waals surface area (Å²) in [7, 11) is 0. The molecule has 4 heteroatoms. The molecule has 3 nitrogen and oxygen atoms in total. The quantitative estimate of drug-likeness (QED) is 0.862. The molecule has 3 rings (SSSR count). The summed E-state index contributed by atoms with van der Waals surface area (Å²) in [4.78, 5) is 14.2. The predicted molar refractivity (Wildman–Crippen MR) is 81.8 cm³/mol. The molecule has 2 aromatic rings. The Hall–Kier alpha value is -2.36. The maximum atomic E-state index is 13.2. The van der Waals surface area contributed by atoms with Gasteiger partial charge in [0.1, 0.15) is 5.82 Å². The number of amides is 1. The molecule has 1 aliphatic heterocycles. The molecule has 0 unspecified atom stereocenters. The number of rotatable bonds is 2. The van der Waals surface area contributed by atoms with Gasteiger partial charge < -0.3 is 10.6 Å². The van der Waals surface area contributed by atoms with E-state index in [0.717, 1.165) is 23.2 Å². The highest BCUT2D eigenvalue weighted by Crippen LogP contribution is 2.32. The van der Waals surface area contributed by atoms with Crippen LogP contribution >= 0.6 is 0 Å². The Balaban J connectivity index is 1.84. The number of halogens is 1. The molecule has 0 atom stereocenters. The van der Waals surface area contributed by atoms with Crippen LogP contribution in [-0.4, -0.2) is 12.5 Å². The molecule has 21 heavy (non-hydrogen) atoms. The number of carbonyl (C=O) groups excluding carboxylic acids is 1. The summed E-state index contributed by atoms with van der Waals surface area (Å²) in [5.41, 5.74) is 10.4. The highest BCUT2D eigenvalue weighted by Gasteiger charge is 2.25. The number of nitrogens with zero attached hydrogens (tertiary/aromatic N) is 1. The van der Waals surface area contributed by atoms with Crippen LogP contribution in [0.2, 0.25) is 0 Å². The zero-order chi connectivity index (χ0) is 15.0. The molecule has 0 aliphatic carbocycles. The minimum absolute atomic E-state index is 0.0254. The van der Waals surface area contributed by atoms with Crippen molar-refractivity contribution in [2.24, 2.45) is 0 Å². The third-order valence-electron chi connectivity index (χ3n) is 3.91. The first kappa shape index (κ1) is 13.6. The Morgan fingerprint density at radius 2 is 2.14 bits per heavy atom. The number of aryl methyl sites for hydroxylation is 1. The van der Waals surface area contributed by atoms with Crippen LogP contribution in [0.3, 0.4) is 0 Å². The van der Waals surface area contributed by atoms with Crippen LogP contribution in [0.5, 0.6) is 0 Å². The van der Waals surface area contributed by atoms with Crippen molar-refractivity contribution in [3.8, 4) is 0 Å². The molecule has 0 fully saturated rings. The lowest BCUT2D eigenvalue weighted by atomic mass is 10.1. The van der Waals surface area contributed by atoms with Crippen LogP contribution in [0.4, 0.5) is 15.8 Å². The predicted octanol–water partition coefficient (Wildman–Crippen LogP) is 2.85. The van der Waals surface area contributed by atoms with E-state index in [1.807, 2.05) is 19.1 Å². The minimum Gasteiger partial charge on any atom is -0.398 e. The van der Waals surface area contributed by atoms with Gasteiger partial charge in [0.05, 0.1) is 6.42 Å². The van der Waals surface area contributed by atoms with Crippen molar-refractivity contribution < 1.29 is 9.18 Å². The Kier molecular flexibility index (Phi) is 3.37. The number of hydrogen-bond acceptors (Lipinski definition) is 2. The molecule has 0 radical (unpaired) electrons. The van der Waals surface area contributed by atoms with E-state index < -0.39 is 0 Å². The van der Waals surface area contributed by atoms with Gasteiger partial charge in [-0.05, 0) is 48.2 Å². The number of nitrogen functional groups attached to an aromatic ring is 1. The van der Waals surface area contributed by atoms with Gasteiger partial charge in [-0.1, -0.05) is 18.2 Å². The Morgan fingerprint density at radius 1 is 1.33 bits per heavy atom. The molecule has 108 valence electrons. The zero-order valence-corrected chi connectivity index (χ0v) is 11.9. The van der Waals surface area contributed by atoms with Crippen LogP contribution in [0, 0.1) is 12.7 Å². The lowest BCUT2D eigenvalue weighted by Crippen LogP contribution is -2.30. The number of hydrogen-bond donors (Lipinski definition) is 1. The van der Waals surface area contributed by atoms with Gasteiger partial charge in [0.15, 0.2) is 0 Å². The fraction of sp³-hybridized carbons (Fsp3) is 0.235. The minimum atomic E-state index is -0.318. The molecule has 2 N–H and O–H groups in total. The van der Waals surface area contributed by atoms with E-state index in [1.54, 1.807) is 17.0 Å². The number of anilines is 2. The van der Waals surface area contributed by atoms with E-state index in [1.165, 1.54) is 12.1 Å². The number of nitrogens with two attached hydrogens (primary N) is 1. The van der Waals surface area contributed by atoms with Gasteiger partial charge in [-0.15, -0.1) is 0 Å². The first-order valence-corrected chi connectivity index (χ1v) is 6.98. The number of benzene rings is 2. The van der Waals surface area contributed by atoms with Crippen LogP contribution in [0.25, 0.3) is 0 Å². The molecule has 0 aromatic heterocycles.